The Kier molecular flexibility index (Phi) is 2.60. The smallest absolute Gasteiger partial charge is 0.352 e. The number of aromatic carboxylic acids is 1. The molecule has 2 N–H and O–H groups in total. The SMILES string of the molecule is Cc1ccc(-c2cccc3cc(C(=O)O)[nH]c23)cc1. The van der Waals surface area contributed by atoms with Crippen molar-refractivity contribution in [1.29, 1.82) is 0 Å². The van der Waals surface area contributed by atoms with Crippen LogP contribution in [0.25, 0.3) is 22.0 Å². The van der Waals surface area contributed by atoms with Gasteiger partial charge in [0.05, 0.1) is 5.52 Å². The van der Waals surface area contributed by atoms with Gasteiger partial charge in [0.1, 0.15) is 5.69 Å². The minimum Gasteiger partial charge on any atom is -0.477 e. The monoisotopic (exact) mass is 251 g/mol. The number of aromatic amines is 1. The topological polar surface area (TPSA) is 53.1 Å². The van der Waals surface area contributed by atoms with E-state index in [2.05, 4.69) is 17.1 Å². The molecule has 3 aromatic rings. The molecule has 0 saturated heterocycles. The molecular weight excluding hydrogens is 238 g/mol. The molecule has 0 unspecified atom stereocenters. The second kappa shape index (κ2) is 4.28. The molecular formula is C16H13NO2. The minimum absolute atomic E-state index is 0.217. The van der Waals surface area contributed by atoms with Crippen LogP contribution < -0.4 is 0 Å². The van der Waals surface area contributed by atoms with Crippen LogP contribution in [0.4, 0.5) is 0 Å². The summed E-state index contributed by atoms with van der Waals surface area (Å²) < 4.78 is 0. The van der Waals surface area contributed by atoms with Gasteiger partial charge in [-0.15, -0.1) is 0 Å². The summed E-state index contributed by atoms with van der Waals surface area (Å²) in [7, 11) is 0. The van der Waals surface area contributed by atoms with E-state index in [0.717, 1.165) is 22.0 Å². The van der Waals surface area contributed by atoms with Crippen LogP contribution in [0, 0.1) is 6.92 Å². The number of carboxylic acid groups (broad SMARTS) is 1. The zero-order valence-electron chi connectivity index (χ0n) is 10.5. The molecule has 0 saturated carbocycles. The highest BCUT2D eigenvalue weighted by atomic mass is 16.4. The summed E-state index contributed by atoms with van der Waals surface area (Å²) in [5.41, 5.74) is 4.38. The van der Waals surface area contributed by atoms with E-state index in [1.165, 1.54) is 5.56 Å². The maximum absolute atomic E-state index is 11.0. The standard InChI is InChI=1S/C16H13NO2/c1-10-5-7-11(8-6-10)13-4-2-3-12-9-14(16(18)19)17-15(12)13/h2-9,17H,1H3,(H,18,19). The van der Waals surface area contributed by atoms with E-state index in [4.69, 9.17) is 5.11 Å². The number of hydrogen-bond donors (Lipinski definition) is 2. The van der Waals surface area contributed by atoms with E-state index < -0.39 is 5.97 Å². The number of aryl methyl sites for hydroxylation is 1. The van der Waals surface area contributed by atoms with Crippen molar-refractivity contribution in [2.75, 3.05) is 0 Å². The van der Waals surface area contributed by atoms with Crippen LogP contribution in [0.15, 0.2) is 48.5 Å². The molecule has 3 nitrogen and oxygen atoms in total. The van der Waals surface area contributed by atoms with Crippen molar-refractivity contribution in [3.63, 3.8) is 0 Å². The Morgan fingerprint density at radius 3 is 2.53 bits per heavy atom. The predicted molar refractivity (Wildman–Crippen MR) is 75.4 cm³/mol. The molecule has 94 valence electrons. The molecule has 0 amide bonds. The summed E-state index contributed by atoms with van der Waals surface area (Å²) in [6.45, 7) is 2.04. The highest BCUT2D eigenvalue weighted by Gasteiger charge is 2.10. The first-order chi connectivity index (χ1) is 9.15. The molecule has 0 fully saturated rings. The van der Waals surface area contributed by atoms with E-state index >= 15 is 0 Å². The molecule has 1 aromatic heterocycles. The number of nitrogens with one attached hydrogen (secondary N) is 1. The van der Waals surface area contributed by atoms with Gasteiger partial charge in [-0.25, -0.2) is 4.79 Å². The fourth-order valence-corrected chi connectivity index (χ4v) is 2.25. The molecule has 0 aliphatic rings. The molecule has 3 heteroatoms. The molecule has 0 radical (unpaired) electrons. The zero-order valence-corrected chi connectivity index (χ0v) is 10.5. The fraction of sp³-hybridized carbons (Fsp3) is 0.0625. The van der Waals surface area contributed by atoms with E-state index in [1.54, 1.807) is 6.07 Å². The molecule has 0 bridgehead atoms. The van der Waals surface area contributed by atoms with Crippen LogP contribution in [0.1, 0.15) is 16.1 Å². The van der Waals surface area contributed by atoms with Gasteiger partial charge in [-0.2, -0.15) is 0 Å². The Hall–Kier alpha value is -2.55. The second-order valence-corrected chi connectivity index (χ2v) is 4.62. The van der Waals surface area contributed by atoms with Crippen LogP contribution in [-0.4, -0.2) is 16.1 Å². The summed E-state index contributed by atoms with van der Waals surface area (Å²) in [6.07, 6.45) is 0. The van der Waals surface area contributed by atoms with Crippen molar-refractivity contribution in [3.8, 4) is 11.1 Å². The number of carbonyl (C=O) groups is 1. The van der Waals surface area contributed by atoms with Gasteiger partial charge in [0.2, 0.25) is 0 Å². The normalized spacial score (nSPS) is 10.8. The quantitative estimate of drug-likeness (QED) is 0.727. The van der Waals surface area contributed by atoms with Crippen LogP contribution in [-0.2, 0) is 0 Å². The number of hydrogen-bond acceptors (Lipinski definition) is 1. The number of fused-ring (bicyclic) bond motifs is 1. The highest BCUT2D eigenvalue weighted by Crippen LogP contribution is 2.28. The third-order valence-electron chi connectivity index (χ3n) is 3.25. The van der Waals surface area contributed by atoms with Gasteiger partial charge in [0, 0.05) is 10.9 Å². The summed E-state index contributed by atoms with van der Waals surface area (Å²) in [4.78, 5) is 14.0. The Morgan fingerprint density at radius 2 is 1.84 bits per heavy atom. The first-order valence-corrected chi connectivity index (χ1v) is 6.07. The second-order valence-electron chi connectivity index (χ2n) is 4.62. The van der Waals surface area contributed by atoms with Gasteiger partial charge in [-0.1, -0.05) is 48.0 Å². The molecule has 1 heterocycles. The summed E-state index contributed by atoms with van der Waals surface area (Å²) >= 11 is 0. The molecule has 0 aliphatic carbocycles. The van der Waals surface area contributed by atoms with Gasteiger partial charge in [0.25, 0.3) is 0 Å². The molecule has 19 heavy (non-hydrogen) atoms. The van der Waals surface area contributed by atoms with Crippen molar-refractivity contribution in [2.45, 2.75) is 6.92 Å². The van der Waals surface area contributed by atoms with Crippen LogP contribution in [0.3, 0.4) is 0 Å². The average Bonchev–Trinajstić information content (AvgIpc) is 2.83. The molecule has 0 aliphatic heterocycles. The third-order valence-corrected chi connectivity index (χ3v) is 3.25. The lowest BCUT2D eigenvalue weighted by atomic mass is 10.0. The molecule has 0 atom stereocenters. The van der Waals surface area contributed by atoms with Crippen molar-refractivity contribution < 1.29 is 9.90 Å². The Bertz CT molecular complexity index is 754. The number of benzene rings is 2. The lowest BCUT2D eigenvalue weighted by Gasteiger charge is -2.04. The average molecular weight is 251 g/mol. The van der Waals surface area contributed by atoms with Crippen molar-refractivity contribution in [3.05, 3.63) is 59.8 Å². The number of rotatable bonds is 2. The summed E-state index contributed by atoms with van der Waals surface area (Å²) in [5.74, 6) is -0.939. The first-order valence-electron chi connectivity index (χ1n) is 6.07. The van der Waals surface area contributed by atoms with Gasteiger partial charge < -0.3 is 10.1 Å². The van der Waals surface area contributed by atoms with E-state index in [1.807, 2.05) is 37.3 Å². The summed E-state index contributed by atoms with van der Waals surface area (Å²) in [5, 5.41) is 9.96. The van der Waals surface area contributed by atoms with E-state index in [9.17, 15) is 4.79 Å². The minimum atomic E-state index is -0.939. The fourth-order valence-electron chi connectivity index (χ4n) is 2.25. The van der Waals surface area contributed by atoms with Gasteiger partial charge in [-0.05, 0) is 18.6 Å². The largest absolute Gasteiger partial charge is 0.477 e. The van der Waals surface area contributed by atoms with Crippen LogP contribution >= 0.6 is 0 Å². The molecule has 3 rings (SSSR count). The Labute approximate surface area is 110 Å². The van der Waals surface area contributed by atoms with Crippen molar-refractivity contribution in [1.82, 2.24) is 4.98 Å². The van der Waals surface area contributed by atoms with E-state index in [0.29, 0.717) is 0 Å². The van der Waals surface area contributed by atoms with E-state index in [-0.39, 0.29) is 5.69 Å². The zero-order chi connectivity index (χ0) is 13.4. The Balaban J connectivity index is 2.23. The maximum Gasteiger partial charge on any atom is 0.352 e. The lowest BCUT2D eigenvalue weighted by Crippen LogP contribution is -1.95. The molecule has 0 spiro atoms. The molecule has 2 aromatic carbocycles. The van der Waals surface area contributed by atoms with Gasteiger partial charge >= 0.3 is 5.97 Å². The Morgan fingerprint density at radius 1 is 1.11 bits per heavy atom. The van der Waals surface area contributed by atoms with Crippen molar-refractivity contribution >= 4 is 16.9 Å². The first kappa shape index (κ1) is 11.5. The van der Waals surface area contributed by atoms with Crippen molar-refractivity contribution in [2.24, 2.45) is 0 Å². The predicted octanol–water partition coefficient (Wildman–Crippen LogP) is 3.84. The number of H-pyrrole nitrogens is 1. The highest BCUT2D eigenvalue weighted by molar-refractivity contribution is 5.99. The van der Waals surface area contributed by atoms with Crippen LogP contribution in [0.5, 0.6) is 0 Å². The van der Waals surface area contributed by atoms with Crippen LogP contribution in [0.2, 0.25) is 0 Å². The number of aromatic nitrogens is 1. The number of carboxylic acids is 1. The van der Waals surface area contributed by atoms with Gasteiger partial charge in [0.15, 0.2) is 0 Å². The lowest BCUT2D eigenvalue weighted by molar-refractivity contribution is 0.0691. The van der Waals surface area contributed by atoms with Gasteiger partial charge in [-0.3, -0.25) is 0 Å². The summed E-state index contributed by atoms with van der Waals surface area (Å²) in [6, 6.07) is 15.7. The maximum atomic E-state index is 11.0. The third kappa shape index (κ3) is 1.99. The number of para-hydroxylation sites is 1.